The number of sulfonamides is 1. The Kier molecular flexibility index (Phi) is 7.42. The third-order valence-corrected chi connectivity index (χ3v) is 7.09. The summed E-state index contributed by atoms with van der Waals surface area (Å²) < 4.78 is 37.2. The predicted octanol–water partition coefficient (Wildman–Crippen LogP) is 3.34. The summed E-state index contributed by atoms with van der Waals surface area (Å²) in [6, 6.07) is 9.37. The molecule has 1 fully saturated rings. The van der Waals surface area contributed by atoms with Crippen LogP contribution in [0.1, 0.15) is 12.8 Å². The van der Waals surface area contributed by atoms with Gasteiger partial charge in [0.1, 0.15) is 11.8 Å². The van der Waals surface area contributed by atoms with Gasteiger partial charge in [-0.25, -0.2) is 8.42 Å². The Hall–Kier alpha value is -2.33. The number of benzene rings is 2. The molecule has 2 aromatic carbocycles. The maximum atomic E-state index is 12.9. The van der Waals surface area contributed by atoms with E-state index in [2.05, 4.69) is 5.32 Å². The number of carbonyl (C=O) groups is 2. The van der Waals surface area contributed by atoms with Crippen molar-refractivity contribution in [2.45, 2.75) is 23.8 Å². The molecule has 8 nitrogen and oxygen atoms in total. The minimum Gasteiger partial charge on any atom is -0.495 e. The van der Waals surface area contributed by atoms with Gasteiger partial charge in [-0.05, 0) is 55.3 Å². The second kappa shape index (κ2) is 9.86. The van der Waals surface area contributed by atoms with Gasteiger partial charge in [-0.3, -0.25) is 9.59 Å². The Bertz CT molecular complexity index is 1080. The van der Waals surface area contributed by atoms with E-state index in [1.165, 1.54) is 37.4 Å². The van der Waals surface area contributed by atoms with Crippen LogP contribution in [0.3, 0.4) is 0 Å². The van der Waals surface area contributed by atoms with Gasteiger partial charge in [-0.15, -0.1) is 0 Å². The quantitative estimate of drug-likeness (QED) is 0.602. The summed E-state index contributed by atoms with van der Waals surface area (Å²) in [5.74, 6) is -1.01. The molecule has 1 amide bonds. The number of anilines is 1. The van der Waals surface area contributed by atoms with E-state index in [1.807, 2.05) is 0 Å². The maximum Gasteiger partial charge on any atom is 0.324 e. The Morgan fingerprint density at radius 3 is 2.48 bits per heavy atom. The van der Waals surface area contributed by atoms with E-state index in [9.17, 15) is 18.0 Å². The Labute approximate surface area is 190 Å². The zero-order chi connectivity index (χ0) is 22.6. The van der Waals surface area contributed by atoms with Crippen molar-refractivity contribution in [3.63, 3.8) is 0 Å². The van der Waals surface area contributed by atoms with Crippen molar-refractivity contribution in [1.82, 2.24) is 4.31 Å². The summed E-state index contributed by atoms with van der Waals surface area (Å²) in [5, 5.41) is 3.34. The minimum atomic E-state index is -3.91. The topological polar surface area (TPSA) is 102 Å². The van der Waals surface area contributed by atoms with Gasteiger partial charge in [-0.1, -0.05) is 23.2 Å². The van der Waals surface area contributed by atoms with E-state index < -0.39 is 34.5 Å². The third kappa shape index (κ3) is 5.48. The van der Waals surface area contributed by atoms with Crippen molar-refractivity contribution in [3.8, 4) is 5.75 Å². The Balaban J connectivity index is 1.64. The van der Waals surface area contributed by atoms with Crippen LogP contribution in [0.5, 0.6) is 5.75 Å². The van der Waals surface area contributed by atoms with Crippen LogP contribution in [0.15, 0.2) is 47.4 Å². The van der Waals surface area contributed by atoms with Crippen molar-refractivity contribution < 1.29 is 27.5 Å². The third-order valence-electron chi connectivity index (χ3n) is 4.68. The number of methoxy groups -OCH3 is 1. The number of halogens is 2. The average Bonchev–Trinajstić information content (AvgIpc) is 3.23. The molecule has 1 aliphatic rings. The zero-order valence-electron chi connectivity index (χ0n) is 16.5. The molecule has 166 valence electrons. The van der Waals surface area contributed by atoms with Gasteiger partial charge in [0.2, 0.25) is 10.0 Å². The van der Waals surface area contributed by atoms with Gasteiger partial charge in [0.15, 0.2) is 6.61 Å². The van der Waals surface area contributed by atoms with E-state index in [-0.39, 0.29) is 11.4 Å². The highest BCUT2D eigenvalue weighted by Gasteiger charge is 2.40. The summed E-state index contributed by atoms with van der Waals surface area (Å²) in [4.78, 5) is 24.8. The van der Waals surface area contributed by atoms with Crippen LogP contribution in [0, 0.1) is 0 Å². The zero-order valence-corrected chi connectivity index (χ0v) is 18.8. The maximum absolute atomic E-state index is 12.9. The van der Waals surface area contributed by atoms with Gasteiger partial charge < -0.3 is 14.8 Å². The number of ether oxygens (including phenoxy) is 2. The van der Waals surface area contributed by atoms with E-state index in [1.54, 1.807) is 12.1 Å². The van der Waals surface area contributed by atoms with Crippen LogP contribution >= 0.6 is 23.2 Å². The van der Waals surface area contributed by atoms with E-state index in [4.69, 9.17) is 32.7 Å². The van der Waals surface area contributed by atoms with Gasteiger partial charge in [0.25, 0.3) is 5.91 Å². The average molecular weight is 487 g/mol. The number of carbonyl (C=O) groups excluding carboxylic acids is 2. The minimum absolute atomic E-state index is 0.0300. The predicted molar refractivity (Wildman–Crippen MR) is 116 cm³/mol. The fourth-order valence-electron chi connectivity index (χ4n) is 3.20. The molecular weight excluding hydrogens is 467 g/mol. The van der Waals surface area contributed by atoms with Crippen LogP contribution in [0.2, 0.25) is 10.0 Å². The number of nitrogens with one attached hydrogen (secondary N) is 1. The van der Waals surface area contributed by atoms with Gasteiger partial charge in [0, 0.05) is 16.6 Å². The lowest BCUT2D eigenvalue weighted by molar-refractivity contribution is -0.150. The van der Waals surface area contributed by atoms with Crippen molar-refractivity contribution >= 4 is 50.8 Å². The molecule has 1 aliphatic heterocycles. The molecule has 1 N–H and O–H groups in total. The van der Waals surface area contributed by atoms with Gasteiger partial charge in [-0.2, -0.15) is 4.31 Å². The molecule has 0 bridgehead atoms. The van der Waals surface area contributed by atoms with E-state index >= 15 is 0 Å². The van der Waals surface area contributed by atoms with E-state index in [0.717, 1.165) is 4.31 Å². The van der Waals surface area contributed by atoms with Crippen molar-refractivity contribution in [1.29, 1.82) is 0 Å². The first kappa shape index (κ1) is 23.3. The lowest BCUT2D eigenvalue weighted by Crippen LogP contribution is -2.42. The monoisotopic (exact) mass is 486 g/mol. The Morgan fingerprint density at radius 1 is 1.13 bits per heavy atom. The fraction of sp³-hybridized carbons (Fsp3) is 0.300. The van der Waals surface area contributed by atoms with Crippen molar-refractivity contribution in [3.05, 3.63) is 52.5 Å². The molecule has 31 heavy (non-hydrogen) atoms. The second-order valence-electron chi connectivity index (χ2n) is 6.73. The summed E-state index contributed by atoms with van der Waals surface area (Å²) >= 11 is 11.7. The first-order chi connectivity index (χ1) is 14.7. The standard InChI is InChI=1S/C20H20Cl2N2O6S/c1-29-18-9-6-14(22)11-16(18)23-19(25)12-30-20(26)17-3-2-10-24(17)31(27,28)15-7-4-13(21)5-8-15/h4-9,11,17H,2-3,10,12H2,1H3,(H,23,25). The van der Waals surface area contributed by atoms with E-state index in [0.29, 0.717) is 34.3 Å². The number of esters is 1. The lowest BCUT2D eigenvalue weighted by Gasteiger charge is -2.22. The normalized spacial score (nSPS) is 16.7. The second-order valence-corrected chi connectivity index (χ2v) is 9.49. The molecule has 1 heterocycles. The molecule has 1 atom stereocenters. The van der Waals surface area contributed by atoms with Crippen molar-refractivity contribution in [2.75, 3.05) is 25.6 Å². The Morgan fingerprint density at radius 2 is 1.81 bits per heavy atom. The first-order valence-electron chi connectivity index (χ1n) is 9.30. The molecule has 3 rings (SSSR count). The highest BCUT2D eigenvalue weighted by Crippen LogP contribution is 2.29. The number of nitrogens with zero attached hydrogens (tertiary/aromatic N) is 1. The highest BCUT2D eigenvalue weighted by molar-refractivity contribution is 7.89. The molecule has 0 aliphatic carbocycles. The smallest absolute Gasteiger partial charge is 0.324 e. The SMILES string of the molecule is COc1ccc(Cl)cc1NC(=O)COC(=O)C1CCCN1S(=O)(=O)c1ccc(Cl)cc1. The van der Waals surface area contributed by atoms with Crippen LogP contribution in [-0.4, -0.2) is 50.9 Å². The molecule has 0 saturated carbocycles. The molecule has 2 aromatic rings. The summed E-state index contributed by atoms with van der Waals surface area (Å²) in [7, 11) is -2.47. The summed E-state index contributed by atoms with van der Waals surface area (Å²) in [6.07, 6.45) is 0.799. The van der Waals surface area contributed by atoms with Crippen LogP contribution in [0.25, 0.3) is 0 Å². The summed E-state index contributed by atoms with van der Waals surface area (Å²) in [6.45, 7) is -0.406. The molecule has 0 spiro atoms. The molecule has 1 saturated heterocycles. The number of hydrogen-bond donors (Lipinski definition) is 1. The lowest BCUT2D eigenvalue weighted by atomic mass is 10.2. The van der Waals surface area contributed by atoms with Crippen LogP contribution < -0.4 is 10.1 Å². The van der Waals surface area contributed by atoms with Crippen LogP contribution in [0.4, 0.5) is 5.69 Å². The largest absolute Gasteiger partial charge is 0.495 e. The van der Waals surface area contributed by atoms with Gasteiger partial charge in [0.05, 0.1) is 17.7 Å². The molecule has 0 radical (unpaired) electrons. The number of amides is 1. The fourth-order valence-corrected chi connectivity index (χ4v) is 5.15. The van der Waals surface area contributed by atoms with Crippen molar-refractivity contribution in [2.24, 2.45) is 0 Å². The van der Waals surface area contributed by atoms with Crippen LogP contribution in [-0.2, 0) is 24.3 Å². The molecule has 1 unspecified atom stereocenters. The molecule has 11 heteroatoms. The highest BCUT2D eigenvalue weighted by atomic mass is 35.5. The molecular formula is C20H20Cl2N2O6S. The van der Waals surface area contributed by atoms with Gasteiger partial charge >= 0.3 is 5.97 Å². The molecule has 0 aromatic heterocycles. The first-order valence-corrected chi connectivity index (χ1v) is 11.5. The summed E-state index contributed by atoms with van der Waals surface area (Å²) in [5.41, 5.74) is 0.323. The number of hydrogen-bond acceptors (Lipinski definition) is 6. The number of rotatable bonds is 7.